The molecule has 1 aromatic carbocycles. The summed E-state index contributed by atoms with van der Waals surface area (Å²) in [4.78, 5) is 17.3. The molecule has 0 atom stereocenters. The van der Waals surface area contributed by atoms with Gasteiger partial charge in [-0.1, -0.05) is 6.92 Å². The number of amides is 1. The average Bonchev–Trinajstić information content (AvgIpc) is 2.36. The number of hydrogen-bond donors (Lipinski definition) is 1. The van der Waals surface area contributed by atoms with Gasteiger partial charge < -0.3 is 9.80 Å². The van der Waals surface area contributed by atoms with Crippen LogP contribution in [0.3, 0.4) is 0 Å². The minimum absolute atomic E-state index is 0.0616. The van der Waals surface area contributed by atoms with E-state index in [0.29, 0.717) is 5.56 Å². The van der Waals surface area contributed by atoms with E-state index in [4.69, 9.17) is 0 Å². The first-order valence-corrected chi connectivity index (χ1v) is 7.62. The maximum Gasteiger partial charge on any atom is 0.255 e. The zero-order valence-electron chi connectivity index (χ0n) is 11.7. The molecule has 0 aromatic heterocycles. The van der Waals surface area contributed by atoms with E-state index in [-0.39, 0.29) is 5.91 Å². The zero-order chi connectivity index (χ0) is 14.4. The van der Waals surface area contributed by atoms with Gasteiger partial charge in [0.15, 0.2) is 0 Å². The van der Waals surface area contributed by atoms with Crippen molar-refractivity contribution in [2.75, 3.05) is 33.7 Å². The normalized spacial score (nSPS) is 10.8. The quantitative estimate of drug-likeness (QED) is 0.801. The van der Waals surface area contributed by atoms with Gasteiger partial charge in [0.1, 0.15) is 0 Å². The molecular formula is C14H21BrN2OS. The summed E-state index contributed by atoms with van der Waals surface area (Å²) in [5, 5.41) is 0. The van der Waals surface area contributed by atoms with E-state index in [0.717, 1.165) is 35.4 Å². The number of carbonyl (C=O) groups is 1. The zero-order valence-corrected chi connectivity index (χ0v) is 14.2. The molecule has 0 N–H and O–H groups in total. The first-order valence-electron chi connectivity index (χ1n) is 6.38. The molecule has 0 fully saturated rings. The van der Waals surface area contributed by atoms with E-state index >= 15 is 0 Å². The molecule has 0 saturated carbocycles. The van der Waals surface area contributed by atoms with Gasteiger partial charge in [-0.2, -0.15) is 0 Å². The molecule has 1 aromatic rings. The molecule has 106 valence electrons. The summed E-state index contributed by atoms with van der Waals surface area (Å²) in [5.74, 6) is 0.0616. The molecule has 1 rings (SSSR count). The van der Waals surface area contributed by atoms with Crippen LogP contribution in [0.4, 0.5) is 0 Å². The molecule has 0 unspecified atom stereocenters. The topological polar surface area (TPSA) is 23.6 Å². The third-order valence-corrected chi connectivity index (χ3v) is 3.75. The number of halogens is 1. The molecule has 0 bridgehead atoms. The average molecular weight is 345 g/mol. The molecule has 5 heteroatoms. The number of thiol groups is 1. The lowest BCUT2D eigenvalue weighted by molar-refractivity contribution is 0.0744. The van der Waals surface area contributed by atoms with Crippen molar-refractivity contribution in [3.8, 4) is 0 Å². The van der Waals surface area contributed by atoms with Crippen LogP contribution < -0.4 is 0 Å². The smallest absolute Gasteiger partial charge is 0.255 e. The Morgan fingerprint density at radius 2 is 1.95 bits per heavy atom. The minimum Gasteiger partial charge on any atom is -0.337 e. The maximum absolute atomic E-state index is 12.6. The van der Waals surface area contributed by atoms with Gasteiger partial charge in [-0.05, 0) is 54.6 Å². The molecule has 19 heavy (non-hydrogen) atoms. The van der Waals surface area contributed by atoms with E-state index < -0.39 is 0 Å². The Morgan fingerprint density at radius 3 is 2.53 bits per heavy atom. The van der Waals surface area contributed by atoms with Crippen molar-refractivity contribution in [1.82, 2.24) is 9.80 Å². The number of hydrogen-bond acceptors (Lipinski definition) is 3. The number of benzene rings is 1. The molecule has 0 saturated heterocycles. The molecule has 0 radical (unpaired) electrons. The number of nitrogens with zero attached hydrogens (tertiary/aromatic N) is 2. The largest absolute Gasteiger partial charge is 0.337 e. The number of likely N-dealkylation sites (N-methyl/N-ethyl adjacent to an activating group) is 1. The number of rotatable bonds is 6. The van der Waals surface area contributed by atoms with E-state index in [9.17, 15) is 4.79 Å². The Kier molecular flexibility index (Phi) is 6.89. The SMILES string of the molecule is CCCN(CCN(C)C)C(=O)c1cc(S)ccc1Br. The predicted octanol–water partition coefficient (Wildman–Crippen LogP) is 3.15. The van der Waals surface area contributed by atoms with Crippen LogP contribution >= 0.6 is 28.6 Å². The van der Waals surface area contributed by atoms with Gasteiger partial charge in [-0.3, -0.25) is 4.79 Å². The third kappa shape index (κ3) is 5.16. The highest BCUT2D eigenvalue weighted by Crippen LogP contribution is 2.22. The highest BCUT2D eigenvalue weighted by molar-refractivity contribution is 9.10. The van der Waals surface area contributed by atoms with Crippen molar-refractivity contribution in [1.29, 1.82) is 0 Å². The van der Waals surface area contributed by atoms with E-state index in [1.807, 2.05) is 37.2 Å². The van der Waals surface area contributed by atoms with Crippen LogP contribution in [0, 0.1) is 0 Å². The first-order chi connectivity index (χ1) is 8.95. The highest BCUT2D eigenvalue weighted by atomic mass is 79.9. The van der Waals surface area contributed by atoms with Gasteiger partial charge in [0.25, 0.3) is 5.91 Å². The van der Waals surface area contributed by atoms with E-state index in [1.165, 1.54) is 0 Å². The van der Waals surface area contributed by atoms with Crippen LogP contribution in [-0.4, -0.2) is 49.4 Å². The summed E-state index contributed by atoms with van der Waals surface area (Å²) in [6, 6.07) is 5.55. The molecule has 3 nitrogen and oxygen atoms in total. The van der Waals surface area contributed by atoms with Crippen molar-refractivity contribution < 1.29 is 4.79 Å². The summed E-state index contributed by atoms with van der Waals surface area (Å²) >= 11 is 7.74. The third-order valence-electron chi connectivity index (χ3n) is 2.78. The Labute approximate surface area is 129 Å². The molecule has 0 aliphatic carbocycles. The molecule has 0 aliphatic heterocycles. The fraction of sp³-hybridized carbons (Fsp3) is 0.500. The minimum atomic E-state index is 0.0616. The second-order valence-electron chi connectivity index (χ2n) is 4.76. The summed E-state index contributed by atoms with van der Waals surface area (Å²) in [6.45, 7) is 4.46. The van der Waals surface area contributed by atoms with Gasteiger partial charge >= 0.3 is 0 Å². The summed E-state index contributed by atoms with van der Waals surface area (Å²) in [7, 11) is 4.03. The molecule has 0 heterocycles. The molecule has 1 amide bonds. The Bertz CT molecular complexity index is 437. The van der Waals surface area contributed by atoms with Gasteiger partial charge in [0.2, 0.25) is 0 Å². The highest BCUT2D eigenvalue weighted by Gasteiger charge is 2.17. The molecule has 0 spiro atoms. The van der Waals surface area contributed by atoms with E-state index in [1.54, 1.807) is 0 Å². The second kappa shape index (κ2) is 7.92. The lowest BCUT2D eigenvalue weighted by atomic mass is 10.2. The van der Waals surface area contributed by atoms with Gasteiger partial charge in [-0.25, -0.2) is 0 Å². The Morgan fingerprint density at radius 1 is 1.26 bits per heavy atom. The first kappa shape index (κ1) is 16.5. The molecule has 0 aliphatic rings. The summed E-state index contributed by atoms with van der Waals surface area (Å²) in [6.07, 6.45) is 0.956. The lowest BCUT2D eigenvalue weighted by Crippen LogP contribution is -2.37. The molecular weight excluding hydrogens is 324 g/mol. The standard InChI is InChI=1S/C14H21BrN2OS/c1-4-7-17(9-8-16(2)3)14(18)12-10-11(19)5-6-13(12)15/h5-6,10,19H,4,7-9H2,1-3H3. The maximum atomic E-state index is 12.6. The van der Waals surface area contributed by atoms with E-state index in [2.05, 4.69) is 40.4 Å². The second-order valence-corrected chi connectivity index (χ2v) is 6.13. The Balaban J connectivity index is 2.88. The van der Waals surface area contributed by atoms with Crippen molar-refractivity contribution in [3.63, 3.8) is 0 Å². The van der Waals surface area contributed by atoms with Gasteiger partial charge in [0.05, 0.1) is 5.56 Å². The van der Waals surface area contributed by atoms with Crippen molar-refractivity contribution in [2.24, 2.45) is 0 Å². The van der Waals surface area contributed by atoms with Crippen LogP contribution in [0.2, 0.25) is 0 Å². The van der Waals surface area contributed by atoms with Crippen molar-refractivity contribution >= 4 is 34.5 Å². The Hall–Kier alpha value is -0.520. The van der Waals surface area contributed by atoms with Crippen LogP contribution in [0.25, 0.3) is 0 Å². The van der Waals surface area contributed by atoms with Gasteiger partial charge in [0, 0.05) is 29.0 Å². The van der Waals surface area contributed by atoms with Crippen LogP contribution in [0.15, 0.2) is 27.6 Å². The summed E-state index contributed by atoms with van der Waals surface area (Å²) < 4.78 is 0.821. The fourth-order valence-corrected chi connectivity index (χ4v) is 2.37. The monoisotopic (exact) mass is 344 g/mol. The van der Waals surface area contributed by atoms with Crippen LogP contribution in [0.1, 0.15) is 23.7 Å². The van der Waals surface area contributed by atoms with Crippen LogP contribution in [0.5, 0.6) is 0 Å². The van der Waals surface area contributed by atoms with Crippen molar-refractivity contribution in [3.05, 3.63) is 28.2 Å². The fourth-order valence-electron chi connectivity index (χ4n) is 1.75. The number of carbonyl (C=O) groups excluding carboxylic acids is 1. The summed E-state index contributed by atoms with van der Waals surface area (Å²) in [5.41, 5.74) is 0.680. The lowest BCUT2D eigenvalue weighted by Gasteiger charge is -2.24. The van der Waals surface area contributed by atoms with Crippen molar-refractivity contribution in [2.45, 2.75) is 18.2 Å². The predicted molar refractivity (Wildman–Crippen MR) is 86.1 cm³/mol. The van der Waals surface area contributed by atoms with Gasteiger partial charge in [-0.15, -0.1) is 12.6 Å². The van der Waals surface area contributed by atoms with Crippen LogP contribution in [-0.2, 0) is 0 Å².